The van der Waals surface area contributed by atoms with Gasteiger partial charge in [0.25, 0.3) is 5.56 Å². The number of nitrogens with zero attached hydrogens (tertiary/aromatic N) is 13. The van der Waals surface area contributed by atoms with E-state index in [1.165, 1.54) is 24.7 Å². The third-order valence-corrected chi connectivity index (χ3v) is 9.00. The molecule has 0 unspecified atom stereocenters. The Balaban J connectivity index is 0.000000131. The zero-order chi connectivity index (χ0) is 49.2. The Labute approximate surface area is 406 Å². The number of rotatable bonds is 0. The lowest BCUT2D eigenvalue weighted by Crippen LogP contribution is -2.30. The zero-order valence-electron chi connectivity index (χ0n) is 38.4. The lowest BCUT2D eigenvalue weighted by molar-refractivity contribution is 0.109. The van der Waals surface area contributed by atoms with E-state index in [1.54, 1.807) is 66.4 Å². The number of ether oxygens (including phenoxy) is 1. The van der Waals surface area contributed by atoms with E-state index in [4.69, 9.17) is 4.74 Å². The molecular weight excluding hydrogens is 899 g/mol. The highest BCUT2D eigenvalue weighted by Gasteiger charge is 1.93. The van der Waals surface area contributed by atoms with Crippen molar-refractivity contribution in [1.82, 2.24) is 83.6 Å². The molecule has 14 rings (SSSR count). The van der Waals surface area contributed by atoms with Crippen LogP contribution in [0.25, 0.3) is 33.5 Å². The van der Waals surface area contributed by atoms with Crippen molar-refractivity contribution in [2.45, 2.75) is 0 Å². The molecule has 20 nitrogen and oxygen atoms in total. The zero-order valence-corrected chi connectivity index (χ0v) is 38.4. The first-order valence-corrected chi connectivity index (χ1v) is 22.0. The number of aromatic nitrogens is 16. The second kappa shape index (κ2) is 30.5. The molecule has 1 aliphatic heterocycles. The van der Waals surface area contributed by atoms with Gasteiger partial charge in [0.15, 0.2) is 11.3 Å². The van der Waals surface area contributed by atoms with E-state index in [1.807, 2.05) is 166 Å². The van der Waals surface area contributed by atoms with Crippen LogP contribution in [0.4, 0.5) is 0 Å². The number of nitrogens with one attached hydrogen (secondary N) is 4. The Hall–Kier alpha value is -9.79. The van der Waals surface area contributed by atoms with Gasteiger partial charge in [-0.1, -0.05) is 48.5 Å². The highest BCUT2D eigenvalue weighted by atomic mass is 16.5. The average Bonchev–Trinajstić information content (AvgIpc) is 4.32. The number of hydrogen-bond acceptors (Lipinski definition) is 13. The normalized spacial score (nSPS) is 10.9. The van der Waals surface area contributed by atoms with Gasteiger partial charge in [-0.25, -0.2) is 29.1 Å². The van der Waals surface area contributed by atoms with Crippen molar-refractivity contribution in [3.8, 4) is 0 Å². The molecule has 1 aromatic carbocycles. The quantitative estimate of drug-likeness (QED) is 0.127. The molecule has 13 aromatic rings. The second-order valence-corrected chi connectivity index (χ2v) is 14.0. The van der Waals surface area contributed by atoms with Crippen LogP contribution < -0.4 is 16.4 Å². The second-order valence-electron chi connectivity index (χ2n) is 14.0. The smallest absolute Gasteiger partial charge is 0.264 e. The number of benzene rings is 1. The monoisotopic (exact) mass is 949 g/mol. The predicted octanol–water partition coefficient (Wildman–Crippen LogP) is 6.52. The number of hydrogen-bond donors (Lipinski definition) is 4. The molecule has 0 spiro atoms. The summed E-state index contributed by atoms with van der Waals surface area (Å²) < 4.78 is 12.4. The first-order valence-electron chi connectivity index (χ1n) is 22.0. The predicted molar refractivity (Wildman–Crippen MR) is 272 cm³/mol. The fourth-order valence-corrected chi connectivity index (χ4v) is 5.66. The lowest BCUT2D eigenvalue weighted by atomic mass is 10.3. The standard InChI is InChI=1S/3C7H6N2.2C6H5N3.C5H5NO.C5H5N.C4H4N2O.C4H9NO/c1-2-6-9-7(3-1)4-5-8-9;1-2-5-9-6-4-8-7(9)3-1;1-2-4-7-6(3-1)8-5-9-7;1-2-4-9-5-7-8-6(9)3-1;1-2-4-9-6(3-1)7-5-8-9;7-5-3-1-2-4-6-5;1-2-4-6-5-3-1;7-4-2-1-3-5-6-4;1-3-6-4-2-5-1/h2*1-6H;1-5H,(H,8,9);2*1-5H;1-4H,(H,6,7);1-5H;1-3H,(H,6,7);5H,1-4H2. The highest BCUT2D eigenvalue weighted by Crippen LogP contribution is 2.05. The first-order chi connectivity index (χ1) is 35.1. The van der Waals surface area contributed by atoms with Crippen molar-refractivity contribution >= 4 is 33.5 Å². The van der Waals surface area contributed by atoms with Crippen LogP contribution in [-0.4, -0.2) is 105 Å². The van der Waals surface area contributed by atoms with Crippen LogP contribution in [-0.2, 0) is 4.74 Å². The minimum atomic E-state index is -0.164. The van der Waals surface area contributed by atoms with E-state index in [2.05, 4.69) is 65.8 Å². The van der Waals surface area contributed by atoms with Crippen LogP contribution >= 0.6 is 0 Å². The van der Waals surface area contributed by atoms with E-state index in [-0.39, 0.29) is 11.1 Å². The summed E-state index contributed by atoms with van der Waals surface area (Å²) >= 11 is 0. The summed E-state index contributed by atoms with van der Waals surface area (Å²) in [6, 6.07) is 47.0. The fourth-order valence-electron chi connectivity index (χ4n) is 5.66. The van der Waals surface area contributed by atoms with Gasteiger partial charge in [0, 0.05) is 93.4 Å². The van der Waals surface area contributed by atoms with Gasteiger partial charge < -0.3 is 24.4 Å². The van der Waals surface area contributed by atoms with E-state index in [0.717, 1.165) is 59.8 Å². The van der Waals surface area contributed by atoms with Gasteiger partial charge in [-0.3, -0.25) is 19.0 Å². The summed E-state index contributed by atoms with van der Waals surface area (Å²) in [7, 11) is 0. The number of H-pyrrole nitrogens is 3. The van der Waals surface area contributed by atoms with Gasteiger partial charge >= 0.3 is 0 Å². The van der Waals surface area contributed by atoms with Gasteiger partial charge in [-0.05, 0) is 91.0 Å². The van der Waals surface area contributed by atoms with E-state index in [0.29, 0.717) is 0 Å². The molecule has 71 heavy (non-hydrogen) atoms. The number of imidazole rings is 2. The van der Waals surface area contributed by atoms with Crippen molar-refractivity contribution in [2.24, 2.45) is 0 Å². The van der Waals surface area contributed by atoms with Gasteiger partial charge in [-0.15, -0.1) is 10.2 Å². The summed E-state index contributed by atoms with van der Waals surface area (Å²) in [5.74, 6) is 0. The summed E-state index contributed by atoms with van der Waals surface area (Å²) in [6.07, 6.45) is 24.7. The topological polar surface area (TPSA) is 236 Å². The van der Waals surface area contributed by atoms with E-state index < -0.39 is 0 Å². The third-order valence-electron chi connectivity index (χ3n) is 9.00. The summed E-state index contributed by atoms with van der Waals surface area (Å²) in [5.41, 5.74) is 5.81. The van der Waals surface area contributed by atoms with Crippen LogP contribution in [0.2, 0.25) is 0 Å². The van der Waals surface area contributed by atoms with Crippen molar-refractivity contribution in [3.63, 3.8) is 0 Å². The fraction of sp³-hybridized carbons (Fsp3) is 0.0784. The van der Waals surface area contributed by atoms with E-state index >= 15 is 0 Å². The van der Waals surface area contributed by atoms with Crippen LogP contribution in [0.1, 0.15) is 0 Å². The van der Waals surface area contributed by atoms with Gasteiger partial charge in [0.05, 0.1) is 36.1 Å². The summed E-state index contributed by atoms with van der Waals surface area (Å²) in [6.45, 7) is 3.83. The number of aromatic amines is 3. The minimum Gasteiger partial charge on any atom is -0.379 e. The number of morpholine rings is 1. The Morgan fingerprint density at radius 1 is 0.507 bits per heavy atom. The lowest BCUT2D eigenvalue weighted by Gasteiger charge is -2.10. The molecule has 1 aliphatic rings. The van der Waals surface area contributed by atoms with Crippen LogP contribution in [0, 0.1) is 0 Å². The van der Waals surface area contributed by atoms with Crippen LogP contribution in [0.5, 0.6) is 0 Å². The van der Waals surface area contributed by atoms with Crippen molar-refractivity contribution < 1.29 is 4.74 Å². The molecule has 4 N–H and O–H groups in total. The Bertz CT molecular complexity index is 2850. The molecule has 12 aromatic heterocycles. The number of para-hydroxylation sites is 2. The number of fused-ring (bicyclic) bond motifs is 5. The maximum atomic E-state index is 10.2. The maximum absolute atomic E-state index is 10.2. The Kier molecular flexibility index (Phi) is 21.7. The van der Waals surface area contributed by atoms with Crippen molar-refractivity contribution in [3.05, 3.63) is 260 Å². The minimum absolute atomic E-state index is 0.0532. The van der Waals surface area contributed by atoms with Gasteiger partial charge in [0.1, 0.15) is 18.3 Å². The molecule has 0 atom stereocenters. The Morgan fingerprint density at radius 3 is 1.82 bits per heavy atom. The molecule has 0 radical (unpaired) electrons. The SMILES string of the molecule is C1COCCN1.O=c1cccc[nH]1.O=c1cccn[nH]1.c1ccc2[nH]cnc2c1.c1ccn2ccnc2c1.c1ccn2cnnc2c1.c1ccn2nccc2c1.c1ccn2ncnc2c1.c1ccncc1. The molecule has 0 amide bonds. The molecule has 1 fully saturated rings. The molecule has 20 heteroatoms. The molecule has 0 saturated carbocycles. The van der Waals surface area contributed by atoms with Crippen LogP contribution in [0.3, 0.4) is 0 Å². The third kappa shape index (κ3) is 19.2. The summed E-state index contributed by atoms with van der Waals surface area (Å²) in [4.78, 5) is 41.7. The molecular formula is C51H51N17O3. The van der Waals surface area contributed by atoms with Gasteiger partial charge in [-0.2, -0.15) is 15.3 Å². The first kappa shape index (κ1) is 50.6. The molecule has 13 heterocycles. The largest absolute Gasteiger partial charge is 0.379 e. The van der Waals surface area contributed by atoms with Crippen molar-refractivity contribution in [2.75, 3.05) is 26.3 Å². The van der Waals surface area contributed by atoms with E-state index in [9.17, 15) is 9.59 Å². The average molecular weight is 950 g/mol. The molecule has 1 saturated heterocycles. The Morgan fingerprint density at radius 2 is 1.23 bits per heavy atom. The molecule has 0 bridgehead atoms. The maximum Gasteiger partial charge on any atom is 0.264 e. The molecule has 358 valence electrons. The summed E-state index contributed by atoms with van der Waals surface area (Å²) in [5, 5.41) is 24.3. The number of pyridine rings is 6. The van der Waals surface area contributed by atoms with Gasteiger partial charge in [0.2, 0.25) is 5.56 Å². The van der Waals surface area contributed by atoms with Crippen molar-refractivity contribution in [1.29, 1.82) is 0 Å². The van der Waals surface area contributed by atoms with Crippen LogP contribution in [0.15, 0.2) is 248 Å². The molecule has 0 aliphatic carbocycles. The highest BCUT2D eigenvalue weighted by molar-refractivity contribution is 5.73.